The molecule has 1 aliphatic carbocycles. The smallest absolute Gasteiger partial charge is 0.280 e. The number of anilines is 1. The van der Waals surface area contributed by atoms with Gasteiger partial charge in [0.25, 0.3) is 5.91 Å². The van der Waals surface area contributed by atoms with Crippen molar-refractivity contribution in [3.8, 4) is 0 Å². The zero-order valence-corrected chi connectivity index (χ0v) is 17.0. The summed E-state index contributed by atoms with van der Waals surface area (Å²) in [6.45, 7) is 1.79. The van der Waals surface area contributed by atoms with Crippen molar-refractivity contribution in [1.82, 2.24) is 0 Å². The molecule has 0 radical (unpaired) electrons. The average Bonchev–Trinajstić information content (AvgIpc) is 3.29. The molecule has 0 saturated heterocycles. The Morgan fingerprint density at radius 1 is 1.07 bits per heavy atom. The van der Waals surface area contributed by atoms with Crippen molar-refractivity contribution in [2.45, 2.75) is 13.3 Å². The Balaban J connectivity index is 1.56. The molecular formula is C23H16Cl2N2O2. The van der Waals surface area contributed by atoms with E-state index in [0.717, 1.165) is 16.7 Å². The lowest BCUT2D eigenvalue weighted by Gasteiger charge is -2.12. The van der Waals surface area contributed by atoms with Crippen molar-refractivity contribution in [2.75, 3.05) is 5.01 Å². The number of hydrogen-bond acceptors (Lipinski definition) is 3. The normalized spacial score (nSPS) is 17.5. The molecule has 0 atom stereocenters. The van der Waals surface area contributed by atoms with Gasteiger partial charge in [-0.3, -0.25) is 9.59 Å². The van der Waals surface area contributed by atoms with Gasteiger partial charge in [0.15, 0.2) is 6.29 Å². The van der Waals surface area contributed by atoms with E-state index in [9.17, 15) is 9.59 Å². The first-order valence-corrected chi connectivity index (χ1v) is 9.74. The van der Waals surface area contributed by atoms with Crippen LogP contribution in [0.25, 0.3) is 5.57 Å². The Labute approximate surface area is 178 Å². The Kier molecular flexibility index (Phi) is 5.22. The predicted octanol–water partition coefficient (Wildman–Crippen LogP) is 5.87. The fourth-order valence-corrected chi connectivity index (χ4v) is 3.77. The zero-order valence-electron chi connectivity index (χ0n) is 15.5. The summed E-state index contributed by atoms with van der Waals surface area (Å²) in [6.07, 6.45) is 7.21. The molecule has 0 unspecified atom stereocenters. The number of benzene rings is 2. The van der Waals surface area contributed by atoms with Crippen molar-refractivity contribution in [3.05, 3.63) is 93.0 Å². The molecule has 6 heteroatoms. The second-order valence-corrected chi connectivity index (χ2v) is 7.59. The van der Waals surface area contributed by atoms with Gasteiger partial charge in [-0.25, -0.2) is 0 Å². The highest BCUT2D eigenvalue weighted by molar-refractivity contribution is 6.33. The third-order valence-corrected chi connectivity index (χ3v) is 5.53. The maximum absolute atomic E-state index is 13.0. The van der Waals surface area contributed by atoms with Gasteiger partial charge < -0.3 is 0 Å². The first kappa shape index (κ1) is 19.4. The minimum Gasteiger partial charge on any atom is -0.298 e. The standard InChI is InChI=1S/C23H16Cl2N2O2/c1-14-20(11-15-6-7-16(10-15)19-4-2-3-5-22(19)25)23(29)27(26-14)18-8-9-21(24)17(12-18)13-28/h2-9,11-13H,10H2,1H3/b20-11+. The van der Waals surface area contributed by atoms with Crippen LogP contribution in [0.2, 0.25) is 10.0 Å². The van der Waals surface area contributed by atoms with Crippen LogP contribution in [0.5, 0.6) is 0 Å². The number of hydrazone groups is 1. The van der Waals surface area contributed by atoms with Gasteiger partial charge in [0.1, 0.15) is 0 Å². The maximum atomic E-state index is 13.0. The van der Waals surface area contributed by atoms with Crippen molar-refractivity contribution < 1.29 is 9.59 Å². The van der Waals surface area contributed by atoms with Crippen molar-refractivity contribution >= 4 is 52.4 Å². The lowest BCUT2D eigenvalue weighted by atomic mass is 10.0. The number of halogens is 2. The quantitative estimate of drug-likeness (QED) is 0.456. The molecule has 144 valence electrons. The lowest BCUT2D eigenvalue weighted by Crippen LogP contribution is -2.21. The number of hydrogen-bond donors (Lipinski definition) is 0. The number of amides is 1. The number of carbonyl (C=O) groups is 2. The first-order valence-electron chi connectivity index (χ1n) is 8.99. The summed E-state index contributed by atoms with van der Waals surface area (Å²) >= 11 is 12.3. The van der Waals surface area contributed by atoms with Gasteiger partial charge in [0.2, 0.25) is 0 Å². The van der Waals surface area contributed by atoms with Crippen LogP contribution in [-0.2, 0) is 4.79 Å². The fourth-order valence-electron chi connectivity index (χ4n) is 3.35. The van der Waals surface area contributed by atoms with Crippen LogP contribution >= 0.6 is 23.2 Å². The number of nitrogens with zero attached hydrogens (tertiary/aromatic N) is 2. The van der Waals surface area contributed by atoms with Crippen molar-refractivity contribution in [3.63, 3.8) is 0 Å². The molecule has 29 heavy (non-hydrogen) atoms. The van der Waals surface area contributed by atoms with E-state index in [1.165, 1.54) is 5.01 Å². The molecule has 0 N–H and O–H groups in total. The number of rotatable bonds is 4. The van der Waals surface area contributed by atoms with E-state index in [-0.39, 0.29) is 5.91 Å². The summed E-state index contributed by atoms with van der Waals surface area (Å²) in [7, 11) is 0. The third-order valence-electron chi connectivity index (χ3n) is 4.86. The topological polar surface area (TPSA) is 49.7 Å². The van der Waals surface area contributed by atoms with E-state index < -0.39 is 0 Å². The Hall–Kier alpha value is -2.95. The van der Waals surface area contributed by atoms with Crippen LogP contribution in [-0.4, -0.2) is 17.9 Å². The molecule has 1 aliphatic heterocycles. The molecule has 0 spiro atoms. The third kappa shape index (κ3) is 3.69. The van der Waals surface area contributed by atoms with Gasteiger partial charge >= 0.3 is 0 Å². The van der Waals surface area contributed by atoms with Crippen LogP contribution in [0.3, 0.4) is 0 Å². The minimum atomic E-state index is -0.242. The molecule has 2 aromatic carbocycles. The maximum Gasteiger partial charge on any atom is 0.280 e. The van der Waals surface area contributed by atoms with E-state index >= 15 is 0 Å². The largest absolute Gasteiger partial charge is 0.298 e. The summed E-state index contributed by atoms with van der Waals surface area (Å²) in [6, 6.07) is 12.5. The van der Waals surface area contributed by atoms with E-state index in [0.29, 0.717) is 45.3 Å². The summed E-state index contributed by atoms with van der Waals surface area (Å²) < 4.78 is 0. The number of carbonyl (C=O) groups excluding carboxylic acids is 2. The summed E-state index contributed by atoms with van der Waals surface area (Å²) in [4.78, 5) is 24.1. The van der Waals surface area contributed by atoms with E-state index in [1.54, 1.807) is 25.1 Å². The van der Waals surface area contributed by atoms with Crippen LogP contribution in [0.1, 0.15) is 29.3 Å². The molecule has 2 aromatic rings. The average molecular weight is 423 g/mol. The minimum absolute atomic E-state index is 0.242. The second kappa shape index (κ2) is 7.82. The van der Waals surface area contributed by atoms with Gasteiger partial charge in [-0.05, 0) is 60.4 Å². The molecule has 4 rings (SSSR count). The Bertz CT molecular complexity index is 1160. The SMILES string of the molecule is CC1=NN(c2ccc(Cl)c(C=O)c2)C(=O)/C1=C/C1=CC=C(c2ccccc2Cl)C1. The van der Waals surface area contributed by atoms with Crippen LogP contribution < -0.4 is 5.01 Å². The fraction of sp³-hybridized carbons (Fsp3) is 0.0870. The first-order chi connectivity index (χ1) is 14.0. The van der Waals surface area contributed by atoms with Crippen LogP contribution in [0.4, 0.5) is 5.69 Å². The summed E-state index contributed by atoms with van der Waals surface area (Å²) in [5.41, 5.74) is 5.05. The highest BCUT2D eigenvalue weighted by atomic mass is 35.5. The molecule has 0 fully saturated rings. The molecule has 4 nitrogen and oxygen atoms in total. The van der Waals surface area contributed by atoms with Gasteiger partial charge in [-0.15, -0.1) is 0 Å². The monoisotopic (exact) mass is 422 g/mol. The van der Waals surface area contributed by atoms with Crippen molar-refractivity contribution in [2.24, 2.45) is 5.10 Å². The van der Waals surface area contributed by atoms with Crippen LogP contribution in [0, 0.1) is 0 Å². The zero-order chi connectivity index (χ0) is 20.5. The molecule has 1 amide bonds. The Morgan fingerprint density at radius 2 is 1.86 bits per heavy atom. The molecule has 0 bridgehead atoms. The van der Waals surface area contributed by atoms with Crippen molar-refractivity contribution in [1.29, 1.82) is 0 Å². The summed E-state index contributed by atoms with van der Waals surface area (Å²) in [5.74, 6) is -0.242. The summed E-state index contributed by atoms with van der Waals surface area (Å²) in [5, 5.41) is 6.70. The van der Waals surface area contributed by atoms with E-state index in [2.05, 4.69) is 5.10 Å². The van der Waals surface area contributed by atoms with Crippen LogP contribution in [0.15, 0.2) is 76.9 Å². The van der Waals surface area contributed by atoms with Gasteiger partial charge in [0.05, 0.1) is 22.0 Å². The Morgan fingerprint density at radius 3 is 2.62 bits per heavy atom. The number of allylic oxidation sites excluding steroid dienone is 5. The molecular weight excluding hydrogens is 407 g/mol. The predicted molar refractivity (Wildman–Crippen MR) is 118 cm³/mol. The van der Waals surface area contributed by atoms with Gasteiger partial charge in [-0.2, -0.15) is 10.1 Å². The molecule has 2 aliphatic rings. The lowest BCUT2D eigenvalue weighted by molar-refractivity contribution is -0.114. The van der Waals surface area contributed by atoms with E-state index in [1.807, 2.05) is 42.5 Å². The molecule has 0 saturated carbocycles. The van der Waals surface area contributed by atoms with E-state index in [4.69, 9.17) is 23.2 Å². The second-order valence-electron chi connectivity index (χ2n) is 6.77. The highest BCUT2D eigenvalue weighted by Gasteiger charge is 2.29. The van der Waals surface area contributed by atoms with Gasteiger partial charge in [0, 0.05) is 10.6 Å². The highest BCUT2D eigenvalue weighted by Crippen LogP contribution is 2.34. The van der Waals surface area contributed by atoms with Gasteiger partial charge in [-0.1, -0.05) is 53.6 Å². The molecule has 1 heterocycles. The number of aldehydes is 1. The molecule has 0 aromatic heterocycles.